The van der Waals surface area contributed by atoms with E-state index in [-0.39, 0.29) is 18.4 Å². The van der Waals surface area contributed by atoms with Crippen LogP contribution in [0.1, 0.15) is 34.0 Å². The predicted octanol–water partition coefficient (Wildman–Crippen LogP) is 4.89. The second-order valence-electron chi connectivity index (χ2n) is 7.04. The molecule has 1 amide bonds. The number of fused-ring (bicyclic) bond motifs is 1. The summed E-state index contributed by atoms with van der Waals surface area (Å²) < 4.78 is 5.67. The number of amides is 1. The Balaban J connectivity index is 1.60. The van der Waals surface area contributed by atoms with Crippen molar-refractivity contribution < 1.29 is 9.21 Å². The fraction of sp³-hybridized carbons (Fsp3) is 0.167. The molecule has 2 heterocycles. The third-order valence-corrected chi connectivity index (χ3v) is 5.04. The molecule has 0 fully saturated rings. The van der Waals surface area contributed by atoms with Crippen LogP contribution in [-0.2, 0) is 11.2 Å². The molecule has 0 spiro atoms. The van der Waals surface area contributed by atoms with Crippen LogP contribution in [0.15, 0.2) is 77.5 Å². The van der Waals surface area contributed by atoms with E-state index in [4.69, 9.17) is 4.42 Å². The molecule has 4 rings (SSSR count). The minimum absolute atomic E-state index is 0.0690. The van der Waals surface area contributed by atoms with Gasteiger partial charge in [-0.3, -0.25) is 9.78 Å². The van der Waals surface area contributed by atoms with Crippen LogP contribution in [0.3, 0.4) is 0 Å². The molecule has 4 heteroatoms. The lowest BCUT2D eigenvalue weighted by Gasteiger charge is -2.18. The molecule has 4 nitrogen and oxygen atoms in total. The molecule has 0 saturated heterocycles. The van der Waals surface area contributed by atoms with Gasteiger partial charge in [-0.2, -0.15) is 0 Å². The number of hydrogen-bond donors (Lipinski definition) is 1. The first-order valence-electron chi connectivity index (χ1n) is 9.34. The van der Waals surface area contributed by atoms with Crippen LogP contribution >= 0.6 is 0 Å². The molecule has 2 aromatic carbocycles. The molecule has 28 heavy (non-hydrogen) atoms. The first-order valence-corrected chi connectivity index (χ1v) is 9.34. The van der Waals surface area contributed by atoms with E-state index in [1.807, 2.05) is 54.6 Å². The van der Waals surface area contributed by atoms with Crippen molar-refractivity contribution >= 4 is 16.9 Å². The van der Waals surface area contributed by atoms with Crippen LogP contribution in [0.4, 0.5) is 0 Å². The number of furan rings is 1. The van der Waals surface area contributed by atoms with E-state index >= 15 is 0 Å². The number of nitrogens with one attached hydrogen (secondary N) is 1. The summed E-state index contributed by atoms with van der Waals surface area (Å²) in [5.41, 5.74) is 5.88. The molecule has 0 aliphatic heterocycles. The zero-order chi connectivity index (χ0) is 19.5. The zero-order valence-corrected chi connectivity index (χ0v) is 16.0. The van der Waals surface area contributed by atoms with E-state index < -0.39 is 0 Å². The quantitative estimate of drug-likeness (QED) is 0.544. The monoisotopic (exact) mass is 370 g/mol. The van der Waals surface area contributed by atoms with Crippen molar-refractivity contribution in [1.29, 1.82) is 0 Å². The number of nitrogens with zero attached hydrogens (tertiary/aromatic N) is 1. The minimum atomic E-state index is -0.294. The van der Waals surface area contributed by atoms with Crippen molar-refractivity contribution in [2.24, 2.45) is 0 Å². The number of pyridine rings is 1. The molecule has 2 aromatic heterocycles. The number of benzene rings is 2. The van der Waals surface area contributed by atoms with Gasteiger partial charge in [0, 0.05) is 17.1 Å². The number of aryl methyl sites for hydroxylation is 2. The molecule has 140 valence electrons. The van der Waals surface area contributed by atoms with Crippen molar-refractivity contribution in [2.75, 3.05) is 0 Å². The summed E-state index contributed by atoms with van der Waals surface area (Å²) in [5, 5.41) is 4.13. The van der Waals surface area contributed by atoms with Gasteiger partial charge in [-0.05, 0) is 54.8 Å². The fourth-order valence-electron chi connectivity index (χ4n) is 3.38. The molecule has 1 atom stereocenters. The van der Waals surface area contributed by atoms with Gasteiger partial charge in [-0.1, -0.05) is 36.4 Å². The van der Waals surface area contributed by atoms with Crippen LogP contribution < -0.4 is 5.32 Å². The van der Waals surface area contributed by atoms with E-state index in [0.29, 0.717) is 0 Å². The first kappa shape index (κ1) is 18.0. The van der Waals surface area contributed by atoms with Gasteiger partial charge in [-0.15, -0.1) is 0 Å². The standard InChI is InChI=1S/C24H22N2O2/c1-16-12-20-19(15-28-22(20)13-17(16)2)14-23(27)26-24(18-8-4-3-5-9-18)21-10-6-7-11-25-21/h3-13,15,24H,14H2,1-2H3,(H,26,27). The summed E-state index contributed by atoms with van der Waals surface area (Å²) in [6.45, 7) is 4.12. The van der Waals surface area contributed by atoms with Gasteiger partial charge in [-0.25, -0.2) is 0 Å². The fourth-order valence-corrected chi connectivity index (χ4v) is 3.38. The van der Waals surface area contributed by atoms with Crippen LogP contribution in [0.25, 0.3) is 11.0 Å². The van der Waals surface area contributed by atoms with Gasteiger partial charge in [0.2, 0.25) is 5.91 Å². The molecule has 0 aliphatic carbocycles. The van der Waals surface area contributed by atoms with Gasteiger partial charge >= 0.3 is 0 Å². The highest BCUT2D eigenvalue weighted by Gasteiger charge is 2.19. The Kier molecular flexibility index (Phi) is 4.94. The molecule has 0 aliphatic rings. The second-order valence-corrected chi connectivity index (χ2v) is 7.04. The highest BCUT2D eigenvalue weighted by molar-refractivity contribution is 5.88. The van der Waals surface area contributed by atoms with Crippen LogP contribution in [0, 0.1) is 13.8 Å². The molecular formula is C24H22N2O2. The number of aromatic nitrogens is 1. The summed E-state index contributed by atoms with van der Waals surface area (Å²) in [6, 6.07) is 19.4. The number of rotatable bonds is 5. The minimum Gasteiger partial charge on any atom is -0.464 e. The Morgan fingerprint density at radius 1 is 1.04 bits per heavy atom. The molecule has 0 radical (unpaired) electrons. The van der Waals surface area contributed by atoms with E-state index in [2.05, 4.69) is 30.2 Å². The van der Waals surface area contributed by atoms with Crippen LogP contribution in [0.2, 0.25) is 0 Å². The van der Waals surface area contributed by atoms with Gasteiger partial charge in [0.05, 0.1) is 24.4 Å². The average Bonchev–Trinajstić information content (AvgIpc) is 3.09. The molecule has 4 aromatic rings. The van der Waals surface area contributed by atoms with E-state index in [1.165, 1.54) is 11.1 Å². The predicted molar refractivity (Wildman–Crippen MR) is 110 cm³/mol. The maximum absolute atomic E-state index is 12.9. The first-order chi connectivity index (χ1) is 13.6. The average molecular weight is 370 g/mol. The largest absolute Gasteiger partial charge is 0.464 e. The normalized spacial score (nSPS) is 12.1. The number of hydrogen-bond acceptors (Lipinski definition) is 3. The maximum Gasteiger partial charge on any atom is 0.225 e. The highest BCUT2D eigenvalue weighted by atomic mass is 16.3. The van der Waals surface area contributed by atoms with Crippen molar-refractivity contribution in [2.45, 2.75) is 26.3 Å². The Labute approximate surface area is 164 Å². The summed E-state index contributed by atoms with van der Waals surface area (Å²) in [4.78, 5) is 17.3. The van der Waals surface area contributed by atoms with Gasteiger partial charge in [0.25, 0.3) is 0 Å². The van der Waals surface area contributed by atoms with E-state index in [1.54, 1.807) is 12.5 Å². The molecule has 1 unspecified atom stereocenters. The third kappa shape index (κ3) is 3.67. The molecule has 1 N–H and O–H groups in total. The Morgan fingerprint density at radius 2 is 1.79 bits per heavy atom. The van der Waals surface area contributed by atoms with Crippen molar-refractivity contribution in [3.63, 3.8) is 0 Å². The third-order valence-electron chi connectivity index (χ3n) is 5.04. The Morgan fingerprint density at radius 3 is 2.54 bits per heavy atom. The van der Waals surface area contributed by atoms with E-state index in [9.17, 15) is 4.79 Å². The summed E-state index contributed by atoms with van der Waals surface area (Å²) in [7, 11) is 0. The van der Waals surface area contributed by atoms with Crippen molar-refractivity contribution in [1.82, 2.24) is 10.3 Å². The molecular weight excluding hydrogens is 348 g/mol. The van der Waals surface area contributed by atoms with Gasteiger partial charge in [0.1, 0.15) is 5.58 Å². The summed E-state index contributed by atoms with van der Waals surface area (Å²) >= 11 is 0. The van der Waals surface area contributed by atoms with Gasteiger partial charge in [0.15, 0.2) is 0 Å². The number of carbonyl (C=O) groups is 1. The zero-order valence-electron chi connectivity index (χ0n) is 16.0. The van der Waals surface area contributed by atoms with E-state index in [0.717, 1.165) is 27.8 Å². The second kappa shape index (κ2) is 7.69. The lowest BCUT2D eigenvalue weighted by Crippen LogP contribution is -2.31. The molecule has 0 bridgehead atoms. The lowest BCUT2D eigenvalue weighted by atomic mass is 10.0. The summed E-state index contributed by atoms with van der Waals surface area (Å²) in [6.07, 6.45) is 3.68. The highest BCUT2D eigenvalue weighted by Crippen LogP contribution is 2.26. The Hall–Kier alpha value is -3.40. The van der Waals surface area contributed by atoms with Crippen molar-refractivity contribution in [3.8, 4) is 0 Å². The topological polar surface area (TPSA) is 55.1 Å². The van der Waals surface area contributed by atoms with Crippen LogP contribution in [-0.4, -0.2) is 10.9 Å². The van der Waals surface area contributed by atoms with Gasteiger partial charge < -0.3 is 9.73 Å². The SMILES string of the molecule is Cc1cc2occ(CC(=O)NC(c3ccccc3)c3ccccn3)c2cc1C. The Bertz CT molecular complexity index is 1060. The summed E-state index contributed by atoms with van der Waals surface area (Å²) in [5.74, 6) is -0.0690. The maximum atomic E-state index is 12.9. The number of carbonyl (C=O) groups excluding carboxylic acids is 1. The van der Waals surface area contributed by atoms with Crippen LogP contribution in [0.5, 0.6) is 0 Å². The molecule has 0 saturated carbocycles. The lowest BCUT2D eigenvalue weighted by molar-refractivity contribution is -0.120. The smallest absolute Gasteiger partial charge is 0.225 e. The van der Waals surface area contributed by atoms with Crippen molar-refractivity contribution in [3.05, 3.63) is 101 Å².